The molecule has 0 amide bonds. The molecule has 0 aromatic rings. The van der Waals surface area contributed by atoms with Gasteiger partial charge in [-0.05, 0) is 6.92 Å². The second kappa shape index (κ2) is 4.77. The van der Waals surface area contributed by atoms with Gasteiger partial charge in [0.25, 0.3) is 0 Å². The maximum absolute atomic E-state index is 9.11. The summed E-state index contributed by atoms with van der Waals surface area (Å²) in [6.07, 6.45) is 0. The first-order valence-electron chi connectivity index (χ1n) is 2.81. The highest BCUT2D eigenvalue weighted by Gasteiger charge is 2.40. The van der Waals surface area contributed by atoms with Gasteiger partial charge in [0.15, 0.2) is 0 Å². The van der Waals surface area contributed by atoms with Gasteiger partial charge < -0.3 is 13.6 Å². The Morgan fingerprint density at radius 3 is 2.10 bits per heavy atom. The SMILES string of the molecule is CCOO[Si](O)(OC)OC. The van der Waals surface area contributed by atoms with Crippen LogP contribution in [-0.4, -0.2) is 34.7 Å². The molecule has 1 N–H and O–H groups in total. The molecule has 0 aliphatic carbocycles. The maximum atomic E-state index is 9.11. The van der Waals surface area contributed by atoms with Crippen molar-refractivity contribution < 1.29 is 23.1 Å². The van der Waals surface area contributed by atoms with E-state index < -0.39 is 9.05 Å². The predicted molar refractivity (Wildman–Crippen MR) is 34.7 cm³/mol. The molecule has 5 nitrogen and oxygen atoms in total. The zero-order chi connectivity index (χ0) is 8.04. The Kier molecular flexibility index (Phi) is 4.78. The second-order valence-corrected chi connectivity index (χ2v) is 3.45. The molecule has 0 saturated carbocycles. The summed E-state index contributed by atoms with van der Waals surface area (Å²) in [5, 5.41) is 0. The van der Waals surface area contributed by atoms with Crippen LogP contribution in [0.2, 0.25) is 0 Å². The first-order valence-corrected chi connectivity index (χ1v) is 4.49. The lowest BCUT2D eigenvalue weighted by molar-refractivity contribution is -0.263. The Morgan fingerprint density at radius 2 is 1.80 bits per heavy atom. The number of hydrogen-bond acceptors (Lipinski definition) is 5. The monoisotopic (exact) mass is 168 g/mol. The number of rotatable bonds is 5. The fourth-order valence-electron chi connectivity index (χ4n) is 0.285. The zero-order valence-corrected chi connectivity index (χ0v) is 7.29. The fourth-order valence-corrected chi connectivity index (χ4v) is 0.854. The summed E-state index contributed by atoms with van der Waals surface area (Å²) >= 11 is 0. The van der Waals surface area contributed by atoms with E-state index in [0.29, 0.717) is 6.61 Å². The highest BCUT2D eigenvalue weighted by molar-refractivity contribution is 6.51. The standard InChI is InChI=1S/C4H12O5Si/c1-4-8-9-10(5,6-2)7-3/h5H,4H2,1-3H3. The van der Waals surface area contributed by atoms with Crippen molar-refractivity contribution in [3.8, 4) is 0 Å². The molecule has 0 saturated heterocycles. The van der Waals surface area contributed by atoms with E-state index in [9.17, 15) is 0 Å². The summed E-state index contributed by atoms with van der Waals surface area (Å²) in [6, 6.07) is 0. The first kappa shape index (κ1) is 10.0. The highest BCUT2D eigenvalue weighted by Crippen LogP contribution is 2.01. The summed E-state index contributed by atoms with van der Waals surface area (Å²) in [5.41, 5.74) is 0. The van der Waals surface area contributed by atoms with Gasteiger partial charge in [-0.1, -0.05) is 0 Å². The van der Waals surface area contributed by atoms with E-state index in [2.05, 4.69) is 18.3 Å². The molecule has 0 aromatic carbocycles. The van der Waals surface area contributed by atoms with Crippen LogP contribution in [0, 0.1) is 0 Å². The largest absolute Gasteiger partial charge is 0.704 e. The molecule has 0 spiro atoms. The molecule has 0 heterocycles. The van der Waals surface area contributed by atoms with Gasteiger partial charge in [-0.25, -0.2) is 4.89 Å². The molecule has 0 fully saturated rings. The molecule has 0 rings (SSSR count). The minimum atomic E-state index is -3.44. The van der Waals surface area contributed by atoms with Gasteiger partial charge >= 0.3 is 9.05 Å². The van der Waals surface area contributed by atoms with Crippen LogP contribution in [0.3, 0.4) is 0 Å². The molecule has 10 heavy (non-hydrogen) atoms. The van der Waals surface area contributed by atoms with Crippen molar-refractivity contribution in [3.63, 3.8) is 0 Å². The van der Waals surface area contributed by atoms with Crippen molar-refractivity contribution in [1.82, 2.24) is 0 Å². The molecule has 0 unspecified atom stereocenters. The predicted octanol–water partition coefficient (Wildman–Crippen LogP) is -0.325. The van der Waals surface area contributed by atoms with Crippen LogP contribution in [0.1, 0.15) is 6.92 Å². The van der Waals surface area contributed by atoms with E-state index in [4.69, 9.17) is 4.80 Å². The molecule has 0 atom stereocenters. The topological polar surface area (TPSA) is 57.2 Å². The lowest BCUT2D eigenvalue weighted by Crippen LogP contribution is -2.44. The van der Waals surface area contributed by atoms with Crippen LogP contribution in [0.25, 0.3) is 0 Å². The quantitative estimate of drug-likeness (QED) is 0.346. The van der Waals surface area contributed by atoms with Crippen LogP contribution in [0.5, 0.6) is 0 Å². The van der Waals surface area contributed by atoms with E-state index in [1.165, 1.54) is 14.2 Å². The summed E-state index contributed by atoms with van der Waals surface area (Å²) in [4.78, 5) is 13.5. The van der Waals surface area contributed by atoms with Crippen molar-refractivity contribution in [2.24, 2.45) is 0 Å². The van der Waals surface area contributed by atoms with Crippen LogP contribution < -0.4 is 0 Å². The summed E-state index contributed by atoms with van der Waals surface area (Å²) in [5.74, 6) is 0. The van der Waals surface area contributed by atoms with Crippen LogP contribution in [0.4, 0.5) is 0 Å². The van der Waals surface area contributed by atoms with Gasteiger partial charge in [-0.15, -0.1) is 0 Å². The van der Waals surface area contributed by atoms with E-state index in [1.807, 2.05) is 0 Å². The minimum absolute atomic E-state index is 0.335. The molecular weight excluding hydrogens is 156 g/mol. The van der Waals surface area contributed by atoms with E-state index in [-0.39, 0.29) is 0 Å². The van der Waals surface area contributed by atoms with Gasteiger partial charge in [-0.3, -0.25) is 0 Å². The first-order chi connectivity index (χ1) is 4.68. The van der Waals surface area contributed by atoms with E-state index in [0.717, 1.165) is 0 Å². The fraction of sp³-hybridized carbons (Fsp3) is 1.00. The van der Waals surface area contributed by atoms with Crippen LogP contribution in [0.15, 0.2) is 0 Å². The van der Waals surface area contributed by atoms with Gasteiger partial charge in [0.2, 0.25) is 0 Å². The zero-order valence-electron chi connectivity index (χ0n) is 6.29. The number of hydrogen-bond donors (Lipinski definition) is 1. The van der Waals surface area contributed by atoms with E-state index >= 15 is 0 Å². The lowest BCUT2D eigenvalue weighted by atomic mass is 10.9. The van der Waals surface area contributed by atoms with Crippen molar-refractivity contribution >= 4 is 9.05 Å². The van der Waals surface area contributed by atoms with Crippen molar-refractivity contribution in [1.29, 1.82) is 0 Å². The summed E-state index contributed by atoms with van der Waals surface area (Å²) in [7, 11) is -0.868. The van der Waals surface area contributed by atoms with Gasteiger partial charge in [-0.2, -0.15) is 4.58 Å². The van der Waals surface area contributed by atoms with Gasteiger partial charge in [0.1, 0.15) is 0 Å². The Labute approximate surface area is 60.9 Å². The smallest absolute Gasteiger partial charge is 0.366 e. The molecule has 0 radical (unpaired) electrons. The Morgan fingerprint density at radius 1 is 1.30 bits per heavy atom. The molecular formula is C4H12O5Si. The minimum Gasteiger partial charge on any atom is -0.366 e. The van der Waals surface area contributed by atoms with Gasteiger partial charge in [0.05, 0.1) is 6.61 Å². The Balaban J connectivity index is 3.58. The van der Waals surface area contributed by atoms with Crippen LogP contribution in [-0.2, 0) is 18.3 Å². The lowest BCUT2D eigenvalue weighted by Gasteiger charge is -2.16. The third kappa shape index (κ3) is 3.25. The molecule has 0 aliphatic heterocycles. The van der Waals surface area contributed by atoms with Crippen molar-refractivity contribution in [3.05, 3.63) is 0 Å². The molecule has 0 bridgehead atoms. The molecule has 0 aromatic heterocycles. The third-order valence-corrected chi connectivity index (χ3v) is 2.16. The van der Waals surface area contributed by atoms with Crippen LogP contribution >= 0.6 is 0 Å². The third-order valence-electron chi connectivity index (χ3n) is 0.798. The Bertz CT molecular complexity index is 83.7. The van der Waals surface area contributed by atoms with Crippen molar-refractivity contribution in [2.45, 2.75) is 6.92 Å². The molecule has 6 heteroatoms. The Hall–Kier alpha value is 0.0169. The summed E-state index contributed by atoms with van der Waals surface area (Å²) in [6.45, 7) is 2.06. The summed E-state index contributed by atoms with van der Waals surface area (Å²) < 4.78 is 13.5. The molecule has 0 aliphatic rings. The van der Waals surface area contributed by atoms with Crippen molar-refractivity contribution in [2.75, 3.05) is 20.8 Å². The average Bonchev–Trinajstić information content (AvgIpc) is 2.00. The van der Waals surface area contributed by atoms with E-state index in [1.54, 1.807) is 6.92 Å². The molecule has 62 valence electrons. The average molecular weight is 168 g/mol. The maximum Gasteiger partial charge on any atom is 0.704 e. The van der Waals surface area contributed by atoms with Gasteiger partial charge in [0, 0.05) is 14.2 Å². The highest BCUT2D eigenvalue weighted by atomic mass is 28.4. The normalized spacial score (nSPS) is 12.0. The second-order valence-electron chi connectivity index (χ2n) is 1.42.